The van der Waals surface area contributed by atoms with Crippen LogP contribution in [0.1, 0.15) is 34.4 Å². The molecule has 0 spiro atoms. The topological polar surface area (TPSA) is 61.2 Å². The van der Waals surface area contributed by atoms with Gasteiger partial charge in [0.1, 0.15) is 30.0 Å². The summed E-state index contributed by atoms with van der Waals surface area (Å²) in [4.78, 5) is 4.48. The lowest BCUT2D eigenvalue weighted by Gasteiger charge is -2.39. The maximum atomic E-state index is 6.66. The molecule has 0 fully saturated rings. The first-order valence-corrected chi connectivity index (χ1v) is 12.0. The van der Waals surface area contributed by atoms with Gasteiger partial charge in [0.2, 0.25) is 5.95 Å². The Morgan fingerprint density at radius 1 is 1.06 bits per heavy atom. The molecule has 6 nitrogen and oxygen atoms in total. The molecule has 2 aliphatic rings. The quantitative estimate of drug-likeness (QED) is 0.321. The van der Waals surface area contributed by atoms with Gasteiger partial charge < -0.3 is 14.8 Å². The first kappa shape index (κ1) is 21.3. The SMILES string of the molecule is COc1ccc([C@@H]2Oc3ccc(Cl)cc3C3=C2[C@H](c2ccc(C)cc2)n2ncnc2N3)cc1Br. The summed E-state index contributed by atoms with van der Waals surface area (Å²) in [5.41, 5.74) is 6.15. The summed E-state index contributed by atoms with van der Waals surface area (Å²) in [6.07, 6.45) is 1.20. The van der Waals surface area contributed by atoms with E-state index in [-0.39, 0.29) is 12.1 Å². The van der Waals surface area contributed by atoms with Gasteiger partial charge in [-0.1, -0.05) is 47.5 Å². The number of nitrogens with one attached hydrogen (secondary N) is 1. The molecule has 2 atom stereocenters. The van der Waals surface area contributed by atoms with Crippen LogP contribution in [0, 0.1) is 6.92 Å². The Morgan fingerprint density at radius 3 is 2.62 bits per heavy atom. The second kappa shape index (κ2) is 8.18. The van der Waals surface area contributed by atoms with E-state index < -0.39 is 0 Å². The lowest BCUT2D eigenvalue weighted by Crippen LogP contribution is -2.32. The van der Waals surface area contributed by atoms with Crippen molar-refractivity contribution in [1.82, 2.24) is 14.8 Å². The smallest absolute Gasteiger partial charge is 0.226 e. The number of halogens is 2. The number of aromatic nitrogens is 3. The molecular formula is C26H20BrClN4O2. The van der Waals surface area contributed by atoms with Crippen molar-refractivity contribution in [3.8, 4) is 11.5 Å². The van der Waals surface area contributed by atoms with E-state index in [4.69, 9.17) is 21.1 Å². The van der Waals surface area contributed by atoms with Crippen LogP contribution in [0.25, 0.3) is 5.70 Å². The first-order valence-electron chi connectivity index (χ1n) is 10.8. The van der Waals surface area contributed by atoms with Gasteiger partial charge in [-0.25, -0.2) is 4.68 Å². The maximum Gasteiger partial charge on any atom is 0.226 e. The highest BCUT2D eigenvalue weighted by atomic mass is 79.9. The Kier molecular flexibility index (Phi) is 5.12. The molecule has 34 heavy (non-hydrogen) atoms. The van der Waals surface area contributed by atoms with E-state index in [1.807, 2.05) is 41.1 Å². The van der Waals surface area contributed by atoms with Crippen LogP contribution in [0.4, 0.5) is 5.95 Å². The molecule has 0 aliphatic carbocycles. The van der Waals surface area contributed by atoms with Crippen molar-refractivity contribution >= 4 is 39.2 Å². The number of hydrogen-bond acceptors (Lipinski definition) is 5. The van der Waals surface area contributed by atoms with Crippen LogP contribution < -0.4 is 14.8 Å². The number of anilines is 1. The maximum absolute atomic E-state index is 6.66. The van der Waals surface area contributed by atoms with Crippen LogP contribution in [0.3, 0.4) is 0 Å². The summed E-state index contributed by atoms with van der Waals surface area (Å²) in [5.74, 6) is 2.19. The number of fused-ring (bicyclic) bond motifs is 3. The van der Waals surface area contributed by atoms with E-state index in [0.29, 0.717) is 11.0 Å². The molecule has 0 radical (unpaired) electrons. The Hall–Kier alpha value is -3.29. The summed E-state index contributed by atoms with van der Waals surface area (Å²) in [6.45, 7) is 2.08. The summed E-state index contributed by atoms with van der Waals surface area (Å²) < 4.78 is 14.9. The van der Waals surface area contributed by atoms with E-state index >= 15 is 0 Å². The van der Waals surface area contributed by atoms with E-state index in [9.17, 15) is 0 Å². The monoisotopic (exact) mass is 534 g/mol. The largest absolute Gasteiger partial charge is 0.496 e. The summed E-state index contributed by atoms with van der Waals surface area (Å²) in [6, 6.07) is 20.0. The van der Waals surface area contributed by atoms with Gasteiger partial charge in [-0.05, 0) is 64.3 Å². The van der Waals surface area contributed by atoms with Gasteiger partial charge in [0.15, 0.2) is 0 Å². The molecule has 3 heterocycles. The van der Waals surface area contributed by atoms with Gasteiger partial charge in [0, 0.05) is 16.2 Å². The second-order valence-electron chi connectivity index (χ2n) is 8.33. The highest BCUT2D eigenvalue weighted by Crippen LogP contribution is 2.51. The van der Waals surface area contributed by atoms with Gasteiger partial charge in [0.05, 0.1) is 17.3 Å². The van der Waals surface area contributed by atoms with Crippen LogP contribution in [-0.2, 0) is 0 Å². The number of benzene rings is 3. The molecule has 2 aliphatic heterocycles. The minimum atomic E-state index is -0.373. The molecule has 4 aromatic rings. The molecule has 0 amide bonds. The zero-order chi connectivity index (χ0) is 23.4. The molecule has 0 saturated heterocycles. The van der Waals surface area contributed by atoms with Gasteiger partial charge in [-0.3, -0.25) is 0 Å². The third-order valence-corrected chi connectivity index (χ3v) is 7.10. The van der Waals surface area contributed by atoms with Crippen LogP contribution in [0.5, 0.6) is 11.5 Å². The van der Waals surface area contributed by atoms with Crippen LogP contribution in [0.15, 0.2) is 77.0 Å². The second-order valence-corrected chi connectivity index (χ2v) is 9.62. The van der Waals surface area contributed by atoms with Gasteiger partial charge in [-0.15, -0.1) is 0 Å². The molecule has 0 bridgehead atoms. The summed E-state index contributed by atoms with van der Waals surface area (Å²) in [5, 5.41) is 8.72. The molecule has 6 rings (SSSR count). The third-order valence-electron chi connectivity index (χ3n) is 6.25. The van der Waals surface area contributed by atoms with Crippen molar-refractivity contribution in [1.29, 1.82) is 0 Å². The fourth-order valence-electron chi connectivity index (χ4n) is 4.63. The number of nitrogens with zero attached hydrogens (tertiary/aromatic N) is 3. The van der Waals surface area contributed by atoms with Crippen molar-refractivity contribution in [3.63, 3.8) is 0 Å². The van der Waals surface area contributed by atoms with E-state index in [2.05, 4.69) is 62.5 Å². The summed E-state index contributed by atoms with van der Waals surface area (Å²) in [7, 11) is 1.65. The number of rotatable bonds is 3. The molecule has 1 aromatic heterocycles. The van der Waals surface area contributed by atoms with E-state index in [1.165, 1.54) is 5.56 Å². The van der Waals surface area contributed by atoms with Gasteiger partial charge in [0.25, 0.3) is 0 Å². The molecular weight excluding hydrogens is 516 g/mol. The standard InChI is InChI=1S/C26H20BrClN4O2/c1-14-3-5-15(6-4-14)24-22-23(31-26-29-13-30-32(24)26)18-12-17(28)8-10-20(18)34-25(22)16-7-9-21(33-2)19(27)11-16/h3-13,24-25H,1-2H3,(H,29,30,31)/t24-,25-/m0/s1. The zero-order valence-corrected chi connectivity index (χ0v) is 20.8. The predicted molar refractivity (Wildman–Crippen MR) is 135 cm³/mol. The molecule has 8 heteroatoms. The van der Waals surface area contributed by atoms with Crippen molar-refractivity contribution in [2.24, 2.45) is 0 Å². The lowest BCUT2D eigenvalue weighted by atomic mass is 9.84. The molecule has 3 aromatic carbocycles. The molecule has 1 N–H and O–H groups in total. The number of aryl methyl sites for hydroxylation is 1. The van der Waals surface area contributed by atoms with Crippen molar-refractivity contribution < 1.29 is 9.47 Å². The fourth-order valence-corrected chi connectivity index (χ4v) is 5.36. The number of methoxy groups -OCH3 is 1. The highest BCUT2D eigenvalue weighted by molar-refractivity contribution is 9.10. The number of hydrogen-bond donors (Lipinski definition) is 1. The van der Waals surface area contributed by atoms with E-state index in [1.54, 1.807) is 13.4 Å². The summed E-state index contributed by atoms with van der Waals surface area (Å²) >= 11 is 10.0. The zero-order valence-electron chi connectivity index (χ0n) is 18.4. The van der Waals surface area contributed by atoms with Crippen LogP contribution in [-0.4, -0.2) is 21.9 Å². The van der Waals surface area contributed by atoms with E-state index in [0.717, 1.165) is 43.9 Å². The minimum absolute atomic E-state index is 0.215. The molecule has 0 saturated carbocycles. The van der Waals surface area contributed by atoms with Crippen molar-refractivity contribution in [2.45, 2.75) is 19.1 Å². The Labute approximate surface area is 210 Å². The van der Waals surface area contributed by atoms with Gasteiger partial charge in [-0.2, -0.15) is 10.1 Å². The minimum Gasteiger partial charge on any atom is -0.496 e. The van der Waals surface area contributed by atoms with Crippen LogP contribution >= 0.6 is 27.5 Å². The molecule has 170 valence electrons. The number of ether oxygens (including phenoxy) is 2. The Bertz CT molecular complexity index is 1450. The Morgan fingerprint density at radius 2 is 1.85 bits per heavy atom. The van der Waals surface area contributed by atoms with Crippen LogP contribution in [0.2, 0.25) is 5.02 Å². The normalized spacial score (nSPS) is 18.4. The predicted octanol–water partition coefficient (Wildman–Crippen LogP) is 6.57. The van der Waals surface area contributed by atoms with Gasteiger partial charge >= 0.3 is 0 Å². The highest BCUT2D eigenvalue weighted by Gasteiger charge is 2.41. The fraction of sp³-hybridized carbons (Fsp3) is 0.154. The van der Waals surface area contributed by atoms with Crippen molar-refractivity contribution in [2.75, 3.05) is 12.4 Å². The first-order chi connectivity index (χ1) is 16.5. The van der Waals surface area contributed by atoms with Crippen molar-refractivity contribution in [3.05, 3.63) is 104 Å². The Balaban J connectivity index is 1.62. The lowest BCUT2D eigenvalue weighted by molar-refractivity contribution is 0.223. The average molecular weight is 536 g/mol. The third kappa shape index (κ3) is 3.38. The average Bonchev–Trinajstić information content (AvgIpc) is 3.31. The molecule has 0 unspecified atom stereocenters.